The summed E-state index contributed by atoms with van der Waals surface area (Å²) in [5.74, 6) is 1.84. The van der Waals surface area contributed by atoms with Gasteiger partial charge >= 0.3 is 0 Å². The summed E-state index contributed by atoms with van der Waals surface area (Å²) < 4.78 is 0. The second-order valence-corrected chi connectivity index (χ2v) is 4.70. The van der Waals surface area contributed by atoms with Gasteiger partial charge in [0.05, 0.1) is 6.54 Å². The van der Waals surface area contributed by atoms with Crippen molar-refractivity contribution in [3.05, 3.63) is 0 Å². The Morgan fingerprint density at radius 2 is 2.14 bits per heavy atom. The van der Waals surface area contributed by atoms with Gasteiger partial charge in [0, 0.05) is 14.1 Å². The number of carbonyl (C=O) groups is 1. The van der Waals surface area contributed by atoms with E-state index in [0.29, 0.717) is 6.54 Å². The highest BCUT2D eigenvalue weighted by Gasteiger charge is 2.20. The van der Waals surface area contributed by atoms with E-state index in [2.05, 4.69) is 12.2 Å². The van der Waals surface area contributed by atoms with E-state index >= 15 is 0 Å². The molecule has 0 aromatic heterocycles. The molecule has 0 saturated heterocycles. The van der Waals surface area contributed by atoms with Crippen molar-refractivity contribution in [2.75, 3.05) is 27.2 Å². The molecule has 0 aromatic rings. The molecule has 1 amide bonds. The van der Waals surface area contributed by atoms with Crippen LogP contribution in [0, 0.1) is 11.8 Å². The number of carbonyl (C=O) groups excluding carboxylic acids is 1. The van der Waals surface area contributed by atoms with Crippen molar-refractivity contribution in [3.8, 4) is 0 Å². The summed E-state index contributed by atoms with van der Waals surface area (Å²) in [6, 6.07) is 0. The molecule has 1 rings (SSSR count). The highest BCUT2D eigenvalue weighted by Crippen LogP contribution is 2.29. The zero-order chi connectivity index (χ0) is 10.6. The maximum atomic E-state index is 11.2. The molecule has 1 fully saturated rings. The molecule has 0 bridgehead atoms. The first-order chi connectivity index (χ1) is 6.59. The summed E-state index contributed by atoms with van der Waals surface area (Å²) in [5, 5.41) is 3.24. The van der Waals surface area contributed by atoms with Crippen LogP contribution in [0.3, 0.4) is 0 Å². The van der Waals surface area contributed by atoms with Crippen molar-refractivity contribution in [1.29, 1.82) is 0 Å². The quantitative estimate of drug-likeness (QED) is 0.733. The van der Waals surface area contributed by atoms with Gasteiger partial charge < -0.3 is 10.2 Å². The number of nitrogens with one attached hydrogen (secondary N) is 1. The molecule has 1 aliphatic rings. The van der Waals surface area contributed by atoms with Crippen molar-refractivity contribution in [2.24, 2.45) is 11.8 Å². The summed E-state index contributed by atoms with van der Waals surface area (Å²) >= 11 is 0. The largest absolute Gasteiger partial charge is 0.348 e. The Kier molecular flexibility index (Phi) is 4.39. The molecule has 3 nitrogen and oxygen atoms in total. The second kappa shape index (κ2) is 5.35. The topological polar surface area (TPSA) is 32.3 Å². The normalized spacial score (nSPS) is 26.5. The standard InChI is InChI=1S/C11H22N2O/c1-9-4-5-10(6-9)7-12-8-11(14)13(2)3/h9-10,12H,4-8H2,1-3H3. The lowest BCUT2D eigenvalue weighted by molar-refractivity contribution is -0.127. The monoisotopic (exact) mass is 198 g/mol. The first-order valence-electron chi connectivity index (χ1n) is 5.50. The fraction of sp³-hybridized carbons (Fsp3) is 0.909. The van der Waals surface area contributed by atoms with Crippen LogP contribution in [0.4, 0.5) is 0 Å². The molecule has 3 heteroatoms. The number of likely N-dealkylation sites (N-methyl/N-ethyl adjacent to an activating group) is 1. The first kappa shape index (κ1) is 11.5. The summed E-state index contributed by atoms with van der Waals surface area (Å²) in [7, 11) is 3.59. The number of hydrogen-bond donors (Lipinski definition) is 1. The number of amides is 1. The van der Waals surface area contributed by atoms with Crippen LogP contribution in [-0.4, -0.2) is 38.0 Å². The Labute approximate surface area is 86.9 Å². The van der Waals surface area contributed by atoms with Gasteiger partial charge in [-0.25, -0.2) is 0 Å². The maximum Gasteiger partial charge on any atom is 0.236 e. The van der Waals surface area contributed by atoms with Gasteiger partial charge in [-0.2, -0.15) is 0 Å². The van der Waals surface area contributed by atoms with Gasteiger partial charge in [-0.05, 0) is 31.2 Å². The molecule has 1 saturated carbocycles. The Bertz CT molecular complexity index is 192. The average molecular weight is 198 g/mol. The van der Waals surface area contributed by atoms with Crippen LogP contribution < -0.4 is 5.32 Å². The summed E-state index contributed by atoms with van der Waals surface area (Å²) in [5.41, 5.74) is 0. The third-order valence-electron chi connectivity index (χ3n) is 3.01. The molecule has 0 heterocycles. The van der Waals surface area contributed by atoms with Gasteiger partial charge in [-0.15, -0.1) is 0 Å². The fourth-order valence-electron chi connectivity index (χ4n) is 2.05. The van der Waals surface area contributed by atoms with Crippen LogP contribution in [0.25, 0.3) is 0 Å². The van der Waals surface area contributed by atoms with E-state index in [4.69, 9.17) is 0 Å². The van der Waals surface area contributed by atoms with Crippen LogP contribution in [0.2, 0.25) is 0 Å². The molecule has 0 spiro atoms. The molecule has 2 unspecified atom stereocenters. The Morgan fingerprint density at radius 1 is 1.43 bits per heavy atom. The van der Waals surface area contributed by atoms with E-state index in [-0.39, 0.29) is 5.91 Å². The van der Waals surface area contributed by atoms with Gasteiger partial charge in [0.2, 0.25) is 5.91 Å². The first-order valence-corrected chi connectivity index (χ1v) is 5.50. The molecular weight excluding hydrogens is 176 g/mol. The van der Waals surface area contributed by atoms with E-state index in [1.165, 1.54) is 19.3 Å². The lowest BCUT2D eigenvalue weighted by Gasteiger charge is -2.13. The third-order valence-corrected chi connectivity index (χ3v) is 3.01. The molecule has 82 valence electrons. The predicted octanol–water partition coefficient (Wildman–Crippen LogP) is 1.10. The summed E-state index contributed by atoms with van der Waals surface area (Å²) in [4.78, 5) is 12.9. The van der Waals surface area contributed by atoms with Crippen molar-refractivity contribution in [2.45, 2.75) is 26.2 Å². The number of nitrogens with zero attached hydrogens (tertiary/aromatic N) is 1. The molecule has 1 aliphatic carbocycles. The number of rotatable bonds is 4. The molecule has 2 atom stereocenters. The van der Waals surface area contributed by atoms with Crippen molar-refractivity contribution in [1.82, 2.24) is 10.2 Å². The maximum absolute atomic E-state index is 11.2. The summed E-state index contributed by atoms with van der Waals surface area (Å²) in [6.07, 6.45) is 4.00. The fourth-order valence-corrected chi connectivity index (χ4v) is 2.05. The van der Waals surface area contributed by atoms with Gasteiger partial charge in [0.15, 0.2) is 0 Å². The Hall–Kier alpha value is -0.570. The van der Waals surface area contributed by atoms with Gasteiger partial charge in [-0.1, -0.05) is 13.3 Å². The van der Waals surface area contributed by atoms with Crippen molar-refractivity contribution in [3.63, 3.8) is 0 Å². The smallest absolute Gasteiger partial charge is 0.236 e. The van der Waals surface area contributed by atoms with Gasteiger partial charge in [-0.3, -0.25) is 4.79 Å². The van der Waals surface area contributed by atoms with Crippen LogP contribution in [0.5, 0.6) is 0 Å². The van der Waals surface area contributed by atoms with E-state index in [1.54, 1.807) is 19.0 Å². The minimum absolute atomic E-state index is 0.163. The molecule has 1 N–H and O–H groups in total. The molecule has 0 aromatic carbocycles. The predicted molar refractivity (Wildman–Crippen MR) is 58.1 cm³/mol. The van der Waals surface area contributed by atoms with Crippen LogP contribution in [-0.2, 0) is 4.79 Å². The minimum atomic E-state index is 0.163. The molecule has 0 radical (unpaired) electrons. The Morgan fingerprint density at radius 3 is 2.64 bits per heavy atom. The van der Waals surface area contributed by atoms with E-state index in [0.717, 1.165) is 18.4 Å². The highest BCUT2D eigenvalue weighted by atomic mass is 16.2. The zero-order valence-corrected chi connectivity index (χ0v) is 9.55. The SMILES string of the molecule is CC1CCC(CNCC(=O)N(C)C)C1. The summed E-state index contributed by atoms with van der Waals surface area (Å²) in [6.45, 7) is 3.80. The zero-order valence-electron chi connectivity index (χ0n) is 9.55. The van der Waals surface area contributed by atoms with E-state index < -0.39 is 0 Å². The van der Waals surface area contributed by atoms with Crippen molar-refractivity contribution >= 4 is 5.91 Å². The van der Waals surface area contributed by atoms with E-state index in [1.807, 2.05) is 0 Å². The highest BCUT2D eigenvalue weighted by molar-refractivity contribution is 5.77. The third kappa shape index (κ3) is 3.66. The van der Waals surface area contributed by atoms with E-state index in [9.17, 15) is 4.79 Å². The van der Waals surface area contributed by atoms with Crippen LogP contribution in [0.15, 0.2) is 0 Å². The van der Waals surface area contributed by atoms with Gasteiger partial charge in [0.1, 0.15) is 0 Å². The van der Waals surface area contributed by atoms with Crippen LogP contribution >= 0.6 is 0 Å². The average Bonchev–Trinajstić information content (AvgIpc) is 2.51. The minimum Gasteiger partial charge on any atom is -0.348 e. The van der Waals surface area contributed by atoms with Crippen LogP contribution in [0.1, 0.15) is 26.2 Å². The molecule has 0 aliphatic heterocycles. The van der Waals surface area contributed by atoms with Crippen molar-refractivity contribution < 1.29 is 4.79 Å². The molecular formula is C11H22N2O. The lowest BCUT2D eigenvalue weighted by Crippen LogP contribution is -2.34. The molecule has 14 heavy (non-hydrogen) atoms. The number of hydrogen-bond acceptors (Lipinski definition) is 2. The second-order valence-electron chi connectivity index (χ2n) is 4.70. The van der Waals surface area contributed by atoms with Gasteiger partial charge in [0.25, 0.3) is 0 Å². The lowest BCUT2D eigenvalue weighted by atomic mass is 10.1. The Balaban J connectivity index is 2.07.